The van der Waals surface area contributed by atoms with Gasteiger partial charge in [0, 0.05) is 13.7 Å². The van der Waals surface area contributed by atoms with Crippen LogP contribution in [-0.2, 0) is 4.74 Å². The highest BCUT2D eigenvalue weighted by Gasteiger charge is 2.24. The van der Waals surface area contributed by atoms with Gasteiger partial charge in [-0.1, -0.05) is 0 Å². The van der Waals surface area contributed by atoms with Crippen LogP contribution in [0.15, 0.2) is 0 Å². The molecule has 0 unspecified atom stereocenters. The van der Waals surface area contributed by atoms with E-state index in [1.807, 2.05) is 0 Å². The molecule has 0 radical (unpaired) electrons. The summed E-state index contributed by atoms with van der Waals surface area (Å²) in [5.74, 6) is 0. The molecule has 1 saturated heterocycles. The van der Waals surface area contributed by atoms with Crippen LogP contribution in [0.4, 0.5) is 4.79 Å². The predicted octanol–water partition coefficient (Wildman–Crippen LogP) is 0.385. The van der Waals surface area contributed by atoms with Gasteiger partial charge in [0.15, 0.2) is 0 Å². The van der Waals surface area contributed by atoms with Crippen molar-refractivity contribution < 1.29 is 14.6 Å². The number of carboxylic acid groups (broad SMARTS) is 1. The van der Waals surface area contributed by atoms with Crippen molar-refractivity contribution in [3.8, 4) is 0 Å². The van der Waals surface area contributed by atoms with Gasteiger partial charge in [-0.25, -0.2) is 4.79 Å². The Morgan fingerprint density at radius 3 is 2.80 bits per heavy atom. The Kier molecular flexibility index (Phi) is 2.11. The van der Waals surface area contributed by atoms with Crippen LogP contribution in [0.3, 0.4) is 0 Å². The summed E-state index contributed by atoms with van der Waals surface area (Å²) in [6.45, 7) is 1.12. The number of likely N-dealkylation sites (tertiary alicyclic amines) is 1. The van der Waals surface area contributed by atoms with Crippen molar-refractivity contribution >= 4 is 6.09 Å². The summed E-state index contributed by atoms with van der Waals surface area (Å²) >= 11 is 0. The summed E-state index contributed by atoms with van der Waals surface area (Å²) in [6, 6.07) is 0. The normalized spacial score (nSPS) is 25.3. The van der Waals surface area contributed by atoms with E-state index in [0.717, 1.165) is 6.42 Å². The van der Waals surface area contributed by atoms with Crippen molar-refractivity contribution in [2.45, 2.75) is 12.5 Å². The Bertz CT molecular complexity index is 137. The van der Waals surface area contributed by atoms with E-state index in [2.05, 4.69) is 0 Å². The highest BCUT2D eigenvalue weighted by Crippen LogP contribution is 2.10. The van der Waals surface area contributed by atoms with Gasteiger partial charge in [-0.2, -0.15) is 0 Å². The first-order chi connectivity index (χ1) is 4.74. The molecule has 0 saturated carbocycles. The number of hydrogen-bond acceptors (Lipinski definition) is 2. The maximum Gasteiger partial charge on any atom is 0.407 e. The number of ether oxygens (including phenoxy) is 1. The average Bonchev–Trinajstić information content (AvgIpc) is 2.34. The molecule has 1 N–H and O–H groups in total. The fraction of sp³-hybridized carbons (Fsp3) is 0.833. The molecule has 0 aromatic heterocycles. The number of hydrogen-bond donors (Lipinski definition) is 1. The lowest BCUT2D eigenvalue weighted by atomic mass is 10.3. The van der Waals surface area contributed by atoms with E-state index in [9.17, 15) is 4.79 Å². The van der Waals surface area contributed by atoms with Gasteiger partial charge in [-0.15, -0.1) is 0 Å². The molecule has 1 aliphatic rings. The Balaban J connectivity index is 2.35. The van der Waals surface area contributed by atoms with Crippen LogP contribution in [0.1, 0.15) is 6.42 Å². The van der Waals surface area contributed by atoms with Crippen LogP contribution in [-0.4, -0.2) is 42.4 Å². The van der Waals surface area contributed by atoms with Gasteiger partial charge >= 0.3 is 6.09 Å². The number of methoxy groups -OCH3 is 1. The Hall–Kier alpha value is -0.770. The quantitative estimate of drug-likeness (QED) is 0.580. The van der Waals surface area contributed by atoms with Gasteiger partial charge in [0.05, 0.1) is 12.6 Å². The summed E-state index contributed by atoms with van der Waals surface area (Å²) < 4.78 is 4.99. The van der Waals surface area contributed by atoms with Crippen LogP contribution < -0.4 is 0 Å². The molecule has 1 fully saturated rings. The molecule has 0 aromatic carbocycles. The molecule has 0 aromatic rings. The third kappa shape index (κ3) is 1.39. The van der Waals surface area contributed by atoms with Crippen molar-refractivity contribution in [1.29, 1.82) is 0 Å². The van der Waals surface area contributed by atoms with Crippen LogP contribution in [0, 0.1) is 0 Å². The molecule has 1 atom stereocenters. The van der Waals surface area contributed by atoms with E-state index in [1.165, 1.54) is 4.90 Å². The minimum atomic E-state index is -0.848. The molecule has 10 heavy (non-hydrogen) atoms. The molecule has 4 heteroatoms. The summed E-state index contributed by atoms with van der Waals surface area (Å²) in [5, 5.41) is 8.50. The highest BCUT2D eigenvalue weighted by molar-refractivity contribution is 5.65. The smallest absolute Gasteiger partial charge is 0.407 e. The summed E-state index contributed by atoms with van der Waals surface area (Å²) in [7, 11) is 1.61. The van der Waals surface area contributed by atoms with Crippen LogP contribution in [0.25, 0.3) is 0 Å². The lowest BCUT2D eigenvalue weighted by Crippen LogP contribution is -2.27. The zero-order chi connectivity index (χ0) is 7.56. The van der Waals surface area contributed by atoms with E-state index in [1.54, 1.807) is 7.11 Å². The standard InChI is InChI=1S/C6H11NO3/c1-10-5-2-3-7(4-5)6(8)9/h5H,2-4H2,1H3,(H,8,9)/t5-/m0/s1. The Morgan fingerprint density at radius 1 is 1.80 bits per heavy atom. The van der Waals surface area contributed by atoms with Crippen molar-refractivity contribution in [2.75, 3.05) is 20.2 Å². The Morgan fingerprint density at radius 2 is 2.50 bits per heavy atom. The molecule has 58 valence electrons. The van der Waals surface area contributed by atoms with E-state index >= 15 is 0 Å². The van der Waals surface area contributed by atoms with Gasteiger partial charge < -0.3 is 14.7 Å². The molecule has 0 bridgehead atoms. The van der Waals surface area contributed by atoms with Crippen LogP contribution in [0.2, 0.25) is 0 Å². The first-order valence-corrected chi connectivity index (χ1v) is 3.24. The first-order valence-electron chi connectivity index (χ1n) is 3.24. The monoisotopic (exact) mass is 145 g/mol. The molecule has 4 nitrogen and oxygen atoms in total. The van der Waals surface area contributed by atoms with Gasteiger partial charge in [0.2, 0.25) is 0 Å². The number of nitrogens with zero attached hydrogens (tertiary/aromatic N) is 1. The van der Waals surface area contributed by atoms with E-state index in [0.29, 0.717) is 13.1 Å². The second-order valence-corrected chi connectivity index (χ2v) is 2.37. The maximum absolute atomic E-state index is 10.3. The maximum atomic E-state index is 10.3. The summed E-state index contributed by atoms with van der Waals surface area (Å²) in [5.41, 5.74) is 0. The predicted molar refractivity (Wildman–Crippen MR) is 35.0 cm³/mol. The van der Waals surface area contributed by atoms with Crippen molar-refractivity contribution in [2.24, 2.45) is 0 Å². The van der Waals surface area contributed by atoms with E-state index in [4.69, 9.17) is 9.84 Å². The number of rotatable bonds is 1. The number of amides is 1. The van der Waals surface area contributed by atoms with Crippen molar-refractivity contribution in [3.63, 3.8) is 0 Å². The molecule has 0 spiro atoms. The molecule has 0 aliphatic carbocycles. The minimum Gasteiger partial charge on any atom is -0.465 e. The molecule has 1 heterocycles. The van der Waals surface area contributed by atoms with Crippen LogP contribution in [0.5, 0.6) is 0 Å². The second-order valence-electron chi connectivity index (χ2n) is 2.37. The van der Waals surface area contributed by atoms with Gasteiger partial charge in [-0.05, 0) is 6.42 Å². The van der Waals surface area contributed by atoms with Crippen LogP contribution >= 0.6 is 0 Å². The van der Waals surface area contributed by atoms with Gasteiger partial charge in [0.1, 0.15) is 0 Å². The van der Waals surface area contributed by atoms with Crippen molar-refractivity contribution in [3.05, 3.63) is 0 Å². The zero-order valence-corrected chi connectivity index (χ0v) is 5.91. The average molecular weight is 145 g/mol. The lowest BCUT2D eigenvalue weighted by Gasteiger charge is -2.10. The highest BCUT2D eigenvalue weighted by atomic mass is 16.5. The fourth-order valence-electron chi connectivity index (χ4n) is 1.09. The van der Waals surface area contributed by atoms with E-state index < -0.39 is 6.09 Å². The third-order valence-corrected chi connectivity index (χ3v) is 1.75. The molecule has 1 aliphatic heterocycles. The third-order valence-electron chi connectivity index (χ3n) is 1.75. The largest absolute Gasteiger partial charge is 0.465 e. The molecule has 1 amide bonds. The van der Waals surface area contributed by atoms with Crippen molar-refractivity contribution in [1.82, 2.24) is 4.90 Å². The summed E-state index contributed by atoms with van der Waals surface area (Å²) in [6.07, 6.45) is 0.0821. The zero-order valence-electron chi connectivity index (χ0n) is 5.91. The second kappa shape index (κ2) is 2.88. The lowest BCUT2D eigenvalue weighted by molar-refractivity contribution is 0.103. The van der Waals surface area contributed by atoms with Gasteiger partial charge in [0.25, 0.3) is 0 Å². The topological polar surface area (TPSA) is 49.8 Å². The van der Waals surface area contributed by atoms with Gasteiger partial charge in [-0.3, -0.25) is 0 Å². The summed E-state index contributed by atoms with van der Waals surface area (Å²) in [4.78, 5) is 11.7. The molecular weight excluding hydrogens is 134 g/mol. The Labute approximate surface area is 59.4 Å². The fourth-order valence-corrected chi connectivity index (χ4v) is 1.09. The SMILES string of the molecule is CO[C@H]1CCN(C(=O)O)C1. The first kappa shape index (κ1) is 7.34. The minimum absolute atomic E-state index is 0.107. The molecule has 1 rings (SSSR count). The molecular formula is C6H11NO3. The van der Waals surface area contributed by atoms with E-state index in [-0.39, 0.29) is 6.10 Å². The number of carbonyl (C=O) groups is 1.